The highest BCUT2D eigenvalue weighted by atomic mass is 35.5. The molecule has 0 aromatic carbocycles. The van der Waals surface area contributed by atoms with Crippen LogP contribution in [0.25, 0.3) is 0 Å². The van der Waals surface area contributed by atoms with E-state index in [2.05, 4.69) is 0 Å². The average Bonchev–Trinajstić information content (AvgIpc) is 2.91. The van der Waals surface area contributed by atoms with Gasteiger partial charge in [-0.25, -0.2) is 4.79 Å². The molecule has 34 heavy (non-hydrogen) atoms. The van der Waals surface area contributed by atoms with Gasteiger partial charge >= 0.3 is 6.09 Å². The van der Waals surface area contributed by atoms with Gasteiger partial charge in [-0.2, -0.15) is 0 Å². The Hall–Kier alpha value is -1.82. The Morgan fingerprint density at radius 1 is 1.35 bits per heavy atom. The number of amidine groups is 1. The molecular weight excluding hydrogens is 482 g/mol. The number of likely N-dealkylation sites (N-methyl/N-ethyl adjacent to an activating group) is 1. The third-order valence-electron chi connectivity index (χ3n) is 6.94. The van der Waals surface area contributed by atoms with Gasteiger partial charge in [-0.05, 0) is 18.5 Å². The summed E-state index contributed by atoms with van der Waals surface area (Å²) in [4.78, 5) is 39.6. The summed E-state index contributed by atoms with van der Waals surface area (Å²) in [5, 5.41) is 18.0. The number of amides is 2. The van der Waals surface area contributed by atoms with Crippen LogP contribution in [0, 0.1) is 17.2 Å². The number of aliphatic hydroxyl groups is 1. The second-order valence-corrected chi connectivity index (χ2v) is 11.7. The van der Waals surface area contributed by atoms with Crippen LogP contribution in [-0.4, -0.2) is 107 Å². The average molecular weight is 517 g/mol. The van der Waals surface area contributed by atoms with E-state index < -0.39 is 23.4 Å². The topological polar surface area (TPSA) is 137 Å². The van der Waals surface area contributed by atoms with E-state index in [-0.39, 0.29) is 35.4 Å². The Bertz CT molecular complexity index is 889. The lowest BCUT2D eigenvalue weighted by molar-refractivity contribution is -0.890. The Balaban J connectivity index is 1.47. The molecule has 3 aliphatic heterocycles. The molecule has 2 fully saturated rings. The number of aliphatic hydroxyl groups excluding tert-OH is 1. The number of carbonyl (C=O) groups is 3. The summed E-state index contributed by atoms with van der Waals surface area (Å²) in [6, 6.07) is -0.225. The highest BCUT2D eigenvalue weighted by Gasteiger charge is 2.60. The van der Waals surface area contributed by atoms with Crippen molar-refractivity contribution in [3.63, 3.8) is 0 Å². The predicted molar refractivity (Wildman–Crippen MR) is 130 cm³/mol. The normalized spacial score (nSPS) is 25.6. The molecule has 0 aliphatic carbocycles. The number of ether oxygens (including phenoxy) is 1. The first-order valence-corrected chi connectivity index (χ1v) is 12.8. The molecular formula is C22H35ClN5O5S+. The van der Waals surface area contributed by atoms with Gasteiger partial charge in [-0.3, -0.25) is 15.0 Å². The molecule has 12 heteroatoms. The molecule has 3 aliphatic rings. The monoisotopic (exact) mass is 516 g/mol. The van der Waals surface area contributed by atoms with Crippen LogP contribution in [0.4, 0.5) is 4.79 Å². The van der Waals surface area contributed by atoms with E-state index >= 15 is 0 Å². The molecule has 2 amide bonds. The summed E-state index contributed by atoms with van der Waals surface area (Å²) < 4.78 is 5.48. The van der Waals surface area contributed by atoms with Crippen molar-refractivity contribution in [1.82, 2.24) is 9.80 Å². The van der Waals surface area contributed by atoms with Crippen molar-refractivity contribution in [2.75, 3.05) is 46.9 Å². The maximum absolute atomic E-state index is 12.5. The molecule has 190 valence electrons. The molecule has 0 spiro atoms. The van der Waals surface area contributed by atoms with Crippen LogP contribution in [0.5, 0.6) is 0 Å². The van der Waals surface area contributed by atoms with Crippen LogP contribution in [0.3, 0.4) is 0 Å². The number of thioether (sulfide) groups is 1. The van der Waals surface area contributed by atoms with Crippen LogP contribution >= 0.6 is 23.4 Å². The molecule has 4 N–H and O–H groups in total. The SMILES string of the molecule is C[C@@H](O)[C@H]1C(=O)N2C(C(=O)Cl)=C(SC3CN(C(=N)CCC[N+](C)(C)CCOC(N)=O)C3)[C@H](C)[C@H]12. The Morgan fingerprint density at radius 3 is 2.56 bits per heavy atom. The van der Waals surface area contributed by atoms with Gasteiger partial charge in [0.15, 0.2) is 0 Å². The summed E-state index contributed by atoms with van der Waals surface area (Å²) in [5.41, 5.74) is 5.26. The van der Waals surface area contributed by atoms with Gasteiger partial charge in [0.25, 0.3) is 5.24 Å². The number of quaternary nitrogens is 1. The zero-order chi connectivity index (χ0) is 25.4. The van der Waals surface area contributed by atoms with Crippen molar-refractivity contribution in [1.29, 1.82) is 5.41 Å². The van der Waals surface area contributed by atoms with Crippen molar-refractivity contribution >= 4 is 46.4 Å². The molecule has 3 rings (SSSR count). The largest absolute Gasteiger partial charge is 0.444 e. The molecule has 0 bridgehead atoms. The number of nitrogens with zero attached hydrogens (tertiary/aromatic N) is 3. The lowest BCUT2D eigenvalue weighted by Gasteiger charge is -2.46. The van der Waals surface area contributed by atoms with Crippen molar-refractivity contribution in [2.45, 2.75) is 44.1 Å². The predicted octanol–water partition coefficient (Wildman–Crippen LogP) is 1.17. The Kier molecular flexibility index (Phi) is 8.22. The number of carbonyl (C=O) groups excluding carboxylic acids is 3. The van der Waals surface area contributed by atoms with Crippen LogP contribution in [0.1, 0.15) is 26.7 Å². The van der Waals surface area contributed by atoms with Crippen LogP contribution in [0.15, 0.2) is 10.6 Å². The minimum atomic E-state index is -0.772. The van der Waals surface area contributed by atoms with Gasteiger partial charge in [-0.1, -0.05) is 6.92 Å². The van der Waals surface area contributed by atoms with E-state index in [0.717, 1.165) is 17.9 Å². The van der Waals surface area contributed by atoms with Crippen molar-refractivity contribution in [3.05, 3.63) is 10.6 Å². The van der Waals surface area contributed by atoms with E-state index in [1.807, 2.05) is 25.9 Å². The number of nitrogens with two attached hydrogens (primary N) is 1. The first-order chi connectivity index (χ1) is 15.8. The number of nitrogens with one attached hydrogen (secondary N) is 1. The second kappa shape index (κ2) is 10.4. The van der Waals surface area contributed by atoms with Crippen molar-refractivity contribution in [3.8, 4) is 0 Å². The van der Waals surface area contributed by atoms with Gasteiger partial charge in [0.2, 0.25) is 5.91 Å². The first kappa shape index (κ1) is 26.8. The number of halogens is 1. The summed E-state index contributed by atoms with van der Waals surface area (Å²) >= 11 is 7.42. The number of hydrogen-bond acceptors (Lipinski definition) is 7. The highest BCUT2D eigenvalue weighted by Crippen LogP contribution is 2.52. The van der Waals surface area contributed by atoms with E-state index in [4.69, 9.17) is 27.5 Å². The van der Waals surface area contributed by atoms with Gasteiger partial charge in [0.1, 0.15) is 18.8 Å². The number of allylic oxidation sites excluding steroid dienone is 1. The second-order valence-electron chi connectivity index (χ2n) is 9.99. The first-order valence-electron chi connectivity index (χ1n) is 11.5. The molecule has 4 atom stereocenters. The lowest BCUT2D eigenvalue weighted by Crippen LogP contribution is -2.63. The summed E-state index contributed by atoms with van der Waals surface area (Å²) in [6.07, 6.45) is -0.0492. The molecule has 0 unspecified atom stereocenters. The zero-order valence-corrected chi connectivity index (χ0v) is 21.7. The van der Waals surface area contributed by atoms with Gasteiger partial charge in [-0.15, -0.1) is 11.8 Å². The van der Waals surface area contributed by atoms with Crippen LogP contribution in [-0.2, 0) is 14.3 Å². The molecule has 0 radical (unpaired) electrons. The molecule has 10 nitrogen and oxygen atoms in total. The third-order valence-corrected chi connectivity index (χ3v) is 8.57. The maximum atomic E-state index is 12.5. The molecule has 3 heterocycles. The maximum Gasteiger partial charge on any atom is 0.404 e. The Labute approximate surface area is 209 Å². The zero-order valence-electron chi connectivity index (χ0n) is 20.1. The van der Waals surface area contributed by atoms with E-state index in [1.54, 1.807) is 18.7 Å². The summed E-state index contributed by atoms with van der Waals surface area (Å²) in [7, 11) is 4.10. The lowest BCUT2D eigenvalue weighted by atomic mass is 9.79. The molecule has 0 aromatic rings. The van der Waals surface area contributed by atoms with Crippen LogP contribution < -0.4 is 5.73 Å². The number of primary amides is 1. The van der Waals surface area contributed by atoms with Crippen molar-refractivity contribution in [2.24, 2.45) is 17.6 Å². The molecule has 2 saturated heterocycles. The van der Waals surface area contributed by atoms with Gasteiger partial charge in [0.05, 0.1) is 44.5 Å². The minimum absolute atomic E-state index is 0.0629. The number of rotatable bonds is 11. The van der Waals surface area contributed by atoms with Gasteiger partial charge < -0.3 is 29.9 Å². The number of likely N-dealkylation sites (tertiary alicyclic amines) is 1. The quantitative estimate of drug-likeness (QED) is 0.123. The number of fused-ring (bicyclic) bond motifs is 1. The minimum Gasteiger partial charge on any atom is -0.444 e. The fourth-order valence-electron chi connectivity index (χ4n) is 4.91. The fraction of sp³-hybridized carbons (Fsp3) is 0.727. The number of hydrogen-bond donors (Lipinski definition) is 3. The van der Waals surface area contributed by atoms with E-state index in [1.165, 1.54) is 4.90 Å². The van der Waals surface area contributed by atoms with E-state index in [9.17, 15) is 19.5 Å². The standard InChI is InChI=1S/C22H34ClN5O5S/c1-12-17-16(13(2)29)21(31)27(17)18(20(23)30)19(12)34-14-10-26(11-14)15(24)6-5-7-28(3,4)8-9-33-22(25)32/h12-14,16-17,24,29H,5-11H2,1-4H3,(H-,25,32)/p+1/t12-,13-,16-,17-/m1/s1. The third kappa shape index (κ3) is 5.53. The summed E-state index contributed by atoms with van der Waals surface area (Å²) in [6.45, 7) is 6.75. The van der Waals surface area contributed by atoms with Crippen molar-refractivity contribution < 1.29 is 28.7 Å². The summed E-state index contributed by atoms with van der Waals surface area (Å²) in [5.74, 6) is -0.228. The van der Waals surface area contributed by atoms with Gasteiger partial charge in [0, 0.05) is 42.0 Å². The molecule has 0 saturated carbocycles. The highest BCUT2D eigenvalue weighted by molar-refractivity contribution is 8.03. The number of β-lactam (4-membered cyclic amide) rings is 1. The fourth-order valence-corrected chi connectivity index (χ4v) is 6.69. The smallest absolute Gasteiger partial charge is 0.404 e. The molecule has 0 aromatic heterocycles. The van der Waals surface area contributed by atoms with Crippen LogP contribution in [0.2, 0.25) is 0 Å². The van der Waals surface area contributed by atoms with E-state index in [0.29, 0.717) is 36.4 Å². The Morgan fingerprint density at radius 2 is 2.00 bits per heavy atom.